The van der Waals surface area contributed by atoms with Gasteiger partial charge in [-0.15, -0.1) is 0 Å². The Hall–Kier alpha value is -1.28. The second-order valence-corrected chi connectivity index (χ2v) is 4.29. The van der Waals surface area contributed by atoms with Gasteiger partial charge in [0.05, 0.1) is 0 Å². The number of hydrogen-bond donors (Lipinski definition) is 1. The Labute approximate surface area is 96.5 Å². The fraction of sp³-hybridized carbons (Fsp3) is 0.429. The SMILES string of the molecule is CCc1ccc2c(c1)c(C)cn2CCCO. The lowest BCUT2D eigenvalue weighted by Gasteiger charge is -2.04. The summed E-state index contributed by atoms with van der Waals surface area (Å²) in [7, 11) is 0. The van der Waals surface area contributed by atoms with Gasteiger partial charge in [0.1, 0.15) is 0 Å². The highest BCUT2D eigenvalue weighted by Gasteiger charge is 2.05. The maximum Gasteiger partial charge on any atom is 0.0483 e. The highest BCUT2D eigenvalue weighted by molar-refractivity contribution is 5.84. The Balaban J connectivity index is 2.45. The van der Waals surface area contributed by atoms with Gasteiger partial charge in [-0.3, -0.25) is 0 Å². The van der Waals surface area contributed by atoms with E-state index in [1.54, 1.807) is 0 Å². The van der Waals surface area contributed by atoms with Gasteiger partial charge < -0.3 is 9.67 Å². The van der Waals surface area contributed by atoms with E-state index in [4.69, 9.17) is 5.11 Å². The smallest absolute Gasteiger partial charge is 0.0483 e. The molecule has 0 saturated heterocycles. The molecule has 0 atom stereocenters. The Morgan fingerprint density at radius 2 is 2.12 bits per heavy atom. The van der Waals surface area contributed by atoms with Crippen molar-refractivity contribution in [3.05, 3.63) is 35.5 Å². The summed E-state index contributed by atoms with van der Waals surface area (Å²) < 4.78 is 2.24. The number of nitrogens with zero attached hydrogens (tertiary/aromatic N) is 1. The Bertz CT molecular complexity index is 485. The zero-order valence-corrected chi connectivity index (χ0v) is 10.0. The number of aliphatic hydroxyl groups is 1. The second-order valence-electron chi connectivity index (χ2n) is 4.29. The fourth-order valence-corrected chi connectivity index (χ4v) is 2.17. The van der Waals surface area contributed by atoms with Crippen LogP contribution in [0.15, 0.2) is 24.4 Å². The number of aryl methyl sites for hydroxylation is 3. The van der Waals surface area contributed by atoms with Crippen LogP contribution in [0.3, 0.4) is 0 Å². The molecule has 0 unspecified atom stereocenters. The lowest BCUT2D eigenvalue weighted by molar-refractivity contribution is 0.280. The van der Waals surface area contributed by atoms with Crippen LogP contribution in [-0.2, 0) is 13.0 Å². The summed E-state index contributed by atoms with van der Waals surface area (Å²) in [4.78, 5) is 0. The van der Waals surface area contributed by atoms with E-state index in [1.807, 2.05) is 0 Å². The van der Waals surface area contributed by atoms with Gasteiger partial charge in [-0.1, -0.05) is 13.0 Å². The third kappa shape index (κ3) is 1.98. The quantitative estimate of drug-likeness (QED) is 0.837. The van der Waals surface area contributed by atoms with Crippen molar-refractivity contribution in [3.8, 4) is 0 Å². The van der Waals surface area contributed by atoms with Crippen LogP contribution in [0, 0.1) is 6.92 Å². The van der Waals surface area contributed by atoms with E-state index < -0.39 is 0 Å². The first-order chi connectivity index (χ1) is 7.76. The minimum absolute atomic E-state index is 0.256. The van der Waals surface area contributed by atoms with E-state index in [9.17, 15) is 0 Å². The molecule has 2 aromatic rings. The van der Waals surface area contributed by atoms with Crippen molar-refractivity contribution < 1.29 is 5.11 Å². The van der Waals surface area contributed by atoms with Crippen LogP contribution in [0.1, 0.15) is 24.5 Å². The summed E-state index contributed by atoms with van der Waals surface area (Å²) in [5.41, 5.74) is 3.99. The number of fused-ring (bicyclic) bond motifs is 1. The predicted octanol–water partition coefficient (Wildman–Crippen LogP) is 2.89. The summed E-state index contributed by atoms with van der Waals surface area (Å²) in [6.45, 7) is 5.48. The van der Waals surface area contributed by atoms with Crippen LogP contribution in [0.4, 0.5) is 0 Å². The number of aromatic nitrogens is 1. The molecule has 1 heterocycles. The number of rotatable bonds is 4. The number of aliphatic hydroxyl groups excluding tert-OH is 1. The average Bonchev–Trinajstić information content (AvgIpc) is 2.63. The molecular formula is C14H19NO. The van der Waals surface area contributed by atoms with Gasteiger partial charge in [0.25, 0.3) is 0 Å². The summed E-state index contributed by atoms with van der Waals surface area (Å²) in [6.07, 6.45) is 4.08. The first-order valence-corrected chi connectivity index (χ1v) is 5.95. The van der Waals surface area contributed by atoms with E-state index in [1.165, 1.54) is 22.0 Å². The second kappa shape index (κ2) is 4.71. The molecule has 0 amide bonds. The maximum absolute atomic E-state index is 8.88. The van der Waals surface area contributed by atoms with Crippen molar-refractivity contribution in [2.24, 2.45) is 0 Å². The molecule has 0 aliphatic carbocycles. The summed E-state index contributed by atoms with van der Waals surface area (Å²) >= 11 is 0. The van der Waals surface area contributed by atoms with Gasteiger partial charge in [-0.2, -0.15) is 0 Å². The van der Waals surface area contributed by atoms with Crippen molar-refractivity contribution in [1.82, 2.24) is 4.57 Å². The highest BCUT2D eigenvalue weighted by Crippen LogP contribution is 2.22. The number of benzene rings is 1. The van der Waals surface area contributed by atoms with Gasteiger partial charge in [0.15, 0.2) is 0 Å². The molecule has 1 aromatic carbocycles. The van der Waals surface area contributed by atoms with Crippen LogP contribution in [0.25, 0.3) is 10.9 Å². The van der Waals surface area contributed by atoms with Crippen LogP contribution >= 0.6 is 0 Å². The molecule has 0 aliphatic rings. The van der Waals surface area contributed by atoms with Gasteiger partial charge in [0.2, 0.25) is 0 Å². The average molecular weight is 217 g/mol. The topological polar surface area (TPSA) is 25.2 Å². The molecule has 16 heavy (non-hydrogen) atoms. The lowest BCUT2D eigenvalue weighted by atomic mass is 10.1. The summed E-state index contributed by atoms with van der Waals surface area (Å²) in [5.74, 6) is 0. The maximum atomic E-state index is 8.88. The Kier molecular flexibility index (Phi) is 3.30. The molecule has 2 nitrogen and oxygen atoms in total. The molecule has 0 radical (unpaired) electrons. The minimum atomic E-state index is 0.256. The van der Waals surface area contributed by atoms with Crippen molar-refractivity contribution in [1.29, 1.82) is 0 Å². The van der Waals surface area contributed by atoms with Crippen LogP contribution in [-0.4, -0.2) is 16.3 Å². The molecular weight excluding hydrogens is 198 g/mol. The van der Waals surface area contributed by atoms with Gasteiger partial charge in [-0.25, -0.2) is 0 Å². The lowest BCUT2D eigenvalue weighted by Crippen LogP contribution is -1.98. The standard InChI is InChI=1S/C14H19NO/c1-3-12-5-6-14-13(9-12)11(2)10-15(14)7-4-8-16/h5-6,9-10,16H,3-4,7-8H2,1-2H3. The molecule has 0 fully saturated rings. The Morgan fingerprint density at radius 1 is 1.31 bits per heavy atom. The fourth-order valence-electron chi connectivity index (χ4n) is 2.17. The first-order valence-electron chi connectivity index (χ1n) is 5.95. The van der Waals surface area contributed by atoms with E-state index in [2.05, 4.69) is 42.8 Å². The van der Waals surface area contributed by atoms with E-state index >= 15 is 0 Å². The highest BCUT2D eigenvalue weighted by atomic mass is 16.3. The monoisotopic (exact) mass is 217 g/mol. The minimum Gasteiger partial charge on any atom is -0.396 e. The number of hydrogen-bond acceptors (Lipinski definition) is 1. The molecule has 0 spiro atoms. The largest absolute Gasteiger partial charge is 0.396 e. The predicted molar refractivity (Wildman–Crippen MR) is 67.8 cm³/mol. The third-order valence-corrected chi connectivity index (χ3v) is 3.11. The van der Waals surface area contributed by atoms with Crippen LogP contribution in [0.2, 0.25) is 0 Å². The molecule has 0 aliphatic heterocycles. The Morgan fingerprint density at radius 3 is 2.81 bits per heavy atom. The third-order valence-electron chi connectivity index (χ3n) is 3.11. The zero-order chi connectivity index (χ0) is 11.5. The molecule has 2 heteroatoms. The summed E-state index contributed by atoms with van der Waals surface area (Å²) in [6, 6.07) is 6.66. The van der Waals surface area contributed by atoms with Crippen LogP contribution in [0.5, 0.6) is 0 Å². The van der Waals surface area contributed by atoms with Crippen molar-refractivity contribution >= 4 is 10.9 Å². The molecule has 0 saturated carbocycles. The van der Waals surface area contributed by atoms with Gasteiger partial charge >= 0.3 is 0 Å². The van der Waals surface area contributed by atoms with Crippen molar-refractivity contribution in [2.75, 3.05) is 6.61 Å². The zero-order valence-electron chi connectivity index (χ0n) is 10.0. The van der Waals surface area contributed by atoms with Crippen molar-refractivity contribution in [3.63, 3.8) is 0 Å². The van der Waals surface area contributed by atoms with Crippen molar-refractivity contribution in [2.45, 2.75) is 33.2 Å². The van der Waals surface area contributed by atoms with E-state index in [0.29, 0.717) is 0 Å². The van der Waals surface area contributed by atoms with Gasteiger partial charge in [-0.05, 0) is 43.0 Å². The normalized spacial score (nSPS) is 11.2. The summed E-state index contributed by atoms with van der Waals surface area (Å²) in [5, 5.41) is 10.2. The first kappa shape index (κ1) is 11.2. The molecule has 86 valence electrons. The molecule has 2 rings (SSSR count). The molecule has 1 N–H and O–H groups in total. The molecule has 1 aromatic heterocycles. The molecule has 0 bridgehead atoms. The van der Waals surface area contributed by atoms with E-state index in [0.717, 1.165) is 19.4 Å². The van der Waals surface area contributed by atoms with E-state index in [-0.39, 0.29) is 6.61 Å². The van der Waals surface area contributed by atoms with Gasteiger partial charge in [0, 0.05) is 30.3 Å². The van der Waals surface area contributed by atoms with Crippen LogP contribution < -0.4 is 0 Å².